The van der Waals surface area contributed by atoms with E-state index in [4.69, 9.17) is 20.9 Å². The molecule has 0 aliphatic carbocycles. The SMILES string of the molecule is O=c1[nH]/c(=N\c2ccc(Oc3ccon3)cc2)n(Cc2ccc(Cl)cc2)c(=O)n1CC(CO)CO. The number of ether oxygens (including phenoxy) is 1. The predicted octanol–water partition coefficient (Wildman–Crippen LogP) is 1.65. The van der Waals surface area contributed by atoms with Crippen LogP contribution in [-0.4, -0.2) is 42.7 Å². The van der Waals surface area contributed by atoms with Gasteiger partial charge in [-0.05, 0) is 47.1 Å². The van der Waals surface area contributed by atoms with Crippen molar-refractivity contribution < 1.29 is 19.5 Å². The van der Waals surface area contributed by atoms with Crippen LogP contribution in [0.3, 0.4) is 0 Å². The van der Waals surface area contributed by atoms with Crippen molar-refractivity contribution in [2.75, 3.05) is 13.2 Å². The summed E-state index contributed by atoms with van der Waals surface area (Å²) in [5, 5.41) is 23.0. The lowest BCUT2D eigenvalue weighted by atomic mass is 10.2. The highest BCUT2D eigenvalue weighted by atomic mass is 35.5. The van der Waals surface area contributed by atoms with Crippen LogP contribution in [0, 0.1) is 5.92 Å². The number of aliphatic hydroxyl groups excluding tert-OH is 2. The van der Waals surface area contributed by atoms with Gasteiger partial charge in [0.1, 0.15) is 12.0 Å². The minimum Gasteiger partial charge on any atom is -0.436 e. The minimum atomic E-state index is -0.709. The number of aliphatic hydroxyl groups is 2. The van der Waals surface area contributed by atoms with Crippen molar-refractivity contribution in [1.29, 1.82) is 0 Å². The van der Waals surface area contributed by atoms with Gasteiger partial charge in [0, 0.05) is 36.8 Å². The molecule has 0 bridgehead atoms. The quantitative estimate of drug-likeness (QED) is 0.317. The predicted molar refractivity (Wildman–Crippen MR) is 126 cm³/mol. The van der Waals surface area contributed by atoms with E-state index in [1.807, 2.05) is 0 Å². The second-order valence-corrected chi connectivity index (χ2v) is 8.07. The summed E-state index contributed by atoms with van der Waals surface area (Å²) in [5.41, 5.74) is -0.109. The zero-order chi connectivity index (χ0) is 24.8. The Hall–Kier alpha value is -3.93. The lowest BCUT2D eigenvalue weighted by Crippen LogP contribution is -2.51. The number of rotatable bonds is 9. The highest BCUT2D eigenvalue weighted by Gasteiger charge is 2.14. The monoisotopic (exact) mass is 499 g/mol. The Balaban J connectivity index is 1.75. The average Bonchev–Trinajstić information content (AvgIpc) is 3.37. The van der Waals surface area contributed by atoms with Gasteiger partial charge < -0.3 is 19.5 Å². The molecule has 0 saturated carbocycles. The second-order valence-electron chi connectivity index (χ2n) is 7.64. The third-order valence-corrected chi connectivity index (χ3v) is 5.35. The number of H-pyrrole nitrogens is 1. The van der Waals surface area contributed by atoms with Gasteiger partial charge >= 0.3 is 11.4 Å². The zero-order valence-corrected chi connectivity index (χ0v) is 19.1. The van der Waals surface area contributed by atoms with Crippen LogP contribution in [0.25, 0.3) is 0 Å². The number of aromatic nitrogens is 4. The van der Waals surface area contributed by atoms with Crippen molar-refractivity contribution in [2.24, 2.45) is 10.9 Å². The first-order valence-electron chi connectivity index (χ1n) is 10.6. The van der Waals surface area contributed by atoms with Crippen LogP contribution in [0.2, 0.25) is 5.02 Å². The molecule has 4 rings (SSSR count). The number of nitrogens with one attached hydrogen (secondary N) is 1. The van der Waals surface area contributed by atoms with Crippen molar-refractivity contribution in [3.63, 3.8) is 0 Å². The number of hydrogen-bond donors (Lipinski definition) is 3. The Morgan fingerprint density at radius 2 is 1.74 bits per heavy atom. The van der Waals surface area contributed by atoms with Crippen molar-refractivity contribution in [2.45, 2.75) is 13.1 Å². The molecular weight excluding hydrogens is 478 g/mol. The summed E-state index contributed by atoms with van der Waals surface area (Å²) in [6.07, 6.45) is 1.39. The molecule has 0 atom stereocenters. The first-order chi connectivity index (χ1) is 17.0. The Morgan fingerprint density at radius 3 is 2.37 bits per heavy atom. The number of aromatic amines is 1. The molecule has 3 N–H and O–H groups in total. The summed E-state index contributed by atoms with van der Waals surface area (Å²) in [6, 6.07) is 15.1. The maximum atomic E-state index is 13.3. The van der Waals surface area contributed by atoms with Gasteiger partial charge in [0.25, 0.3) is 5.88 Å². The molecule has 0 spiro atoms. The standard InChI is InChI=1S/C23H22ClN5O6/c24-17-3-1-15(2-4-17)11-28-21(26-22(32)29(23(28)33)12-16(13-30)14-31)25-18-5-7-19(8-6-18)35-20-9-10-34-27-20/h1-10,16,30-31H,11-14H2,(H,25,26,32). The van der Waals surface area contributed by atoms with E-state index in [2.05, 4.69) is 15.1 Å². The molecule has 12 heteroatoms. The van der Waals surface area contributed by atoms with Crippen LogP contribution in [0.4, 0.5) is 5.69 Å². The van der Waals surface area contributed by atoms with E-state index < -0.39 is 17.3 Å². The van der Waals surface area contributed by atoms with Crippen LogP contribution >= 0.6 is 11.6 Å². The van der Waals surface area contributed by atoms with E-state index in [1.165, 1.54) is 10.8 Å². The summed E-state index contributed by atoms with van der Waals surface area (Å²) < 4.78 is 12.5. The van der Waals surface area contributed by atoms with E-state index in [-0.39, 0.29) is 31.9 Å². The molecule has 2 aromatic carbocycles. The fraction of sp³-hybridized carbons (Fsp3) is 0.217. The van der Waals surface area contributed by atoms with Crippen LogP contribution < -0.4 is 21.7 Å². The molecule has 11 nitrogen and oxygen atoms in total. The van der Waals surface area contributed by atoms with Crippen molar-refractivity contribution >= 4 is 17.3 Å². The highest BCUT2D eigenvalue weighted by Crippen LogP contribution is 2.22. The van der Waals surface area contributed by atoms with Gasteiger partial charge in [0.15, 0.2) is 0 Å². The minimum absolute atomic E-state index is 0.0286. The summed E-state index contributed by atoms with van der Waals surface area (Å²) in [6.45, 7) is -0.819. The van der Waals surface area contributed by atoms with E-state index in [9.17, 15) is 19.8 Å². The summed E-state index contributed by atoms with van der Waals surface area (Å²) in [5.74, 6) is 0.125. The molecule has 0 amide bonds. The van der Waals surface area contributed by atoms with Crippen molar-refractivity contribution in [1.82, 2.24) is 19.3 Å². The van der Waals surface area contributed by atoms with Gasteiger partial charge in [-0.2, -0.15) is 0 Å². The summed E-state index contributed by atoms with van der Waals surface area (Å²) >= 11 is 5.97. The van der Waals surface area contributed by atoms with E-state index >= 15 is 0 Å². The van der Waals surface area contributed by atoms with E-state index in [0.717, 1.165) is 10.1 Å². The van der Waals surface area contributed by atoms with Crippen LogP contribution in [0.15, 0.2) is 80.0 Å². The molecule has 2 aromatic heterocycles. The van der Waals surface area contributed by atoms with Gasteiger partial charge in [-0.15, -0.1) is 0 Å². The molecule has 0 unspecified atom stereocenters. The Morgan fingerprint density at radius 1 is 1.03 bits per heavy atom. The summed E-state index contributed by atoms with van der Waals surface area (Å²) in [7, 11) is 0. The molecule has 182 valence electrons. The van der Waals surface area contributed by atoms with Gasteiger partial charge in [0.2, 0.25) is 5.62 Å². The zero-order valence-electron chi connectivity index (χ0n) is 18.4. The third kappa shape index (κ3) is 5.96. The van der Waals surface area contributed by atoms with Gasteiger partial charge in [-0.1, -0.05) is 23.7 Å². The maximum Gasteiger partial charge on any atom is 0.335 e. The fourth-order valence-electron chi connectivity index (χ4n) is 3.24. The van der Waals surface area contributed by atoms with E-state index in [0.29, 0.717) is 22.3 Å². The largest absolute Gasteiger partial charge is 0.436 e. The molecule has 35 heavy (non-hydrogen) atoms. The molecule has 0 aliphatic rings. The Labute approximate surface area is 203 Å². The van der Waals surface area contributed by atoms with Crippen LogP contribution in [-0.2, 0) is 13.1 Å². The van der Waals surface area contributed by atoms with Gasteiger partial charge in [0.05, 0.1) is 12.2 Å². The molecule has 0 saturated heterocycles. The molecule has 0 radical (unpaired) electrons. The lowest BCUT2D eigenvalue weighted by molar-refractivity contribution is 0.134. The van der Waals surface area contributed by atoms with Crippen molar-refractivity contribution in [3.05, 3.63) is 98.0 Å². The number of halogens is 1. The third-order valence-electron chi connectivity index (χ3n) is 5.10. The van der Waals surface area contributed by atoms with E-state index in [1.54, 1.807) is 54.6 Å². The molecule has 0 aliphatic heterocycles. The van der Waals surface area contributed by atoms with Crippen molar-refractivity contribution in [3.8, 4) is 11.6 Å². The number of benzene rings is 2. The number of nitrogens with zero attached hydrogens (tertiary/aromatic N) is 4. The molecular formula is C23H22ClN5O6. The van der Waals surface area contributed by atoms with Crippen LogP contribution in [0.1, 0.15) is 5.56 Å². The lowest BCUT2D eigenvalue weighted by Gasteiger charge is -2.15. The maximum absolute atomic E-state index is 13.3. The molecule has 2 heterocycles. The first-order valence-corrected chi connectivity index (χ1v) is 11.0. The molecule has 0 fully saturated rings. The molecule has 4 aromatic rings. The Kier molecular flexibility index (Phi) is 7.60. The summed E-state index contributed by atoms with van der Waals surface area (Å²) in [4.78, 5) is 33.1. The highest BCUT2D eigenvalue weighted by molar-refractivity contribution is 6.30. The average molecular weight is 500 g/mol. The normalized spacial score (nSPS) is 11.8. The van der Waals surface area contributed by atoms with Gasteiger partial charge in [-0.25, -0.2) is 19.1 Å². The number of hydrogen-bond acceptors (Lipinski definition) is 8. The topological polar surface area (TPSA) is 148 Å². The van der Waals surface area contributed by atoms with Gasteiger partial charge in [-0.3, -0.25) is 9.55 Å². The smallest absolute Gasteiger partial charge is 0.335 e. The fourth-order valence-corrected chi connectivity index (χ4v) is 3.36. The van der Waals surface area contributed by atoms with Crippen LogP contribution in [0.5, 0.6) is 11.6 Å². The second kappa shape index (κ2) is 11.0. The Bertz CT molecular complexity index is 1440. The first kappa shape index (κ1) is 24.2.